The Morgan fingerprint density at radius 3 is 2.51 bits per heavy atom. The predicted octanol–water partition coefficient (Wildman–Crippen LogP) is 2.25. The Hall–Kier alpha value is -3.77. The summed E-state index contributed by atoms with van der Waals surface area (Å²) in [6, 6.07) is 6.17. The number of methoxy groups -OCH3 is 1. The first-order valence-corrected chi connectivity index (χ1v) is 11.9. The van der Waals surface area contributed by atoms with Gasteiger partial charge < -0.3 is 34.5 Å². The maximum absolute atomic E-state index is 14.6. The number of rotatable bonds is 8. The Labute approximate surface area is 212 Å². The molecule has 0 spiro atoms. The number of fused-ring (bicyclic) bond motifs is 1. The summed E-state index contributed by atoms with van der Waals surface area (Å²) >= 11 is 0. The molecule has 1 saturated heterocycles. The molecule has 0 unspecified atom stereocenters. The predicted molar refractivity (Wildman–Crippen MR) is 137 cm³/mol. The number of likely N-dealkylation sites (N-methyl/N-ethyl adjacent to an activating group) is 1. The van der Waals surface area contributed by atoms with Gasteiger partial charge in [0.25, 0.3) is 5.56 Å². The van der Waals surface area contributed by atoms with E-state index >= 15 is 0 Å². The molecule has 1 aromatic carbocycles. The Kier molecular flexibility index (Phi) is 8.19. The van der Waals surface area contributed by atoms with Crippen LogP contribution in [0.4, 0.5) is 25.0 Å². The van der Waals surface area contributed by atoms with Gasteiger partial charge in [-0.15, -0.1) is 0 Å². The molecule has 3 heterocycles. The minimum atomic E-state index is -0.767. The molecule has 1 fully saturated rings. The van der Waals surface area contributed by atoms with Gasteiger partial charge in [0.1, 0.15) is 22.8 Å². The number of urea groups is 1. The second kappa shape index (κ2) is 11.5. The third kappa shape index (κ3) is 5.81. The van der Waals surface area contributed by atoms with Crippen LogP contribution in [0.25, 0.3) is 11.0 Å². The van der Waals surface area contributed by atoms with Gasteiger partial charge in [0.05, 0.1) is 38.1 Å². The molecular weight excluding hydrogens is 486 g/mol. The zero-order chi connectivity index (χ0) is 26.5. The molecule has 2 amide bonds. The molecule has 37 heavy (non-hydrogen) atoms. The molecule has 0 aliphatic carbocycles. The van der Waals surface area contributed by atoms with E-state index in [0.29, 0.717) is 39.4 Å². The molecule has 1 aliphatic heterocycles. The number of carbonyl (C=O) groups is 1. The molecule has 3 aromatic rings. The molecular formula is C25H30F2N6O4. The molecule has 0 bridgehead atoms. The highest BCUT2D eigenvalue weighted by molar-refractivity contribution is 6.04. The summed E-state index contributed by atoms with van der Waals surface area (Å²) in [6.07, 6.45) is 0. The molecule has 4 rings (SSSR count). The molecule has 2 aromatic heterocycles. The lowest BCUT2D eigenvalue weighted by atomic mass is 10.1. The van der Waals surface area contributed by atoms with Crippen molar-refractivity contribution in [2.75, 3.05) is 70.8 Å². The molecule has 10 nitrogen and oxygen atoms in total. The summed E-state index contributed by atoms with van der Waals surface area (Å²) in [5.74, 6) is -1.28. The van der Waals surface area contributed by atoms with Gasteiger partial charge in [-0.2, -0.15) is 0 Å². The first kappa shape index (κ1) is 26.3. The minimum absolute atomic E-state index is 0.163. The fourth-order valence-corrected chi connectivity index (χ4v) is 4.15. The highest BCUT2D eigenvalue weighted by Gasteiger charge is 2.26. The van der Waals surface area contributed by atoms with E-state index in [1.54, 1.807) is 17.0 Å². The number of ether oxygens (including phenoxy) is 2. The summed E-state index contributed by atoms with van der Waals surface area (Å²) in [7, 11) is 5.22. The Bertz CT molecular complexity index is 1320. The number of anilines is 2. The summed E-state index contributed by atoms with van der Waals surface area (Å²) < 4.78 is 41.2. The minimum Gasteiger partial charge on any atom is -0.481 e. The average Bonchev–Trinajstić information content (AvgIpc) is 2.88. The number of carbonyl (C=O) groups excluding carboxylic acids is 1. The normalized spacial score (nSPS) is 13.7. The van der Waals surface area contributed by atoms with Gasteiger partial charge in [-0.1, -0.05) is 6.07 Å². The van der Waals surface area contributed by atoms with Gasteiger partial charge in [0.2, 0.25) is 5.88 Å². The molecule has 0 atom stereocenters. The van der Waals surface area contributed by atoms with Crippen LogP contribution in [0.2, 0.25) is 0 Å². The average molecular weight is 517 g/mol. The van der Waals surface area contributed by atoms with Crippen molar-refractivity contribution in [3.8, 4) is 5.88 Å². The Morgan fingerprint density at radius 1 is 1.16 bits per heavy atom. The molecule has 0 saturated carbocycles. The fraction of sp³-hybridized carbons (Fsp3) is 0.400. The van der Waals surface area contributed by atoms with Crippen LogP contribution < -0.4 is 25.8 Å². The number of nitrogens with zero attached hydrogens (tertiary/aromatic N) is 4. The summed E-state index contributed by atoms with van der Waals surface area (Å²) in [4.78, 5) is 35.0. The van der Waals surface area contributed by atoms with Gasteiger partial charge >= 0.3 is 6.03 Å². The van der Waals surface area contributed by atoms with E-state index < -0.39 is 23.2 Å². The zero-order valence-electron chi connectivity index (χ0n) is 21.0. The van der Waals surface area contributed by atoms with Crippen LogP contribution in [0.1, 0.15) is 5.56 Å². The summed E-state index contributed by atoms with van der Waals surface area (Å²) in [5.41, 5.74) is 0.114. The maximum atomic E-state index is 14.6. The van der Waals surface area contributed by atoms with Crippen LogP contribution in [0.3, 0.4) is 0 Å². The van der Waals surface area contributed by atoms with Crippen molar-refractivity contribution in [2.24, 2.45) is 0 Å². The molecule has 12 heteroatoms. The van der Waals surface area contributed by atoms with Crippen molar-refractivity contribution in [3.63, 3.8) is 0 Å². The van der Waals surface area contributed by atoms with E-state index in [9.17, 15) is 18.4 Å². The monoisotopic (exact) mass is 516 g/mol. The number of benzene rings is 1. The van der Waals surface area contributed by atoms with Gasteiger partial charge in [-0.05, 0) is 32.3 Å². The van der Waals surface area contributed by atoms with E-state index in [2.05, 4.69) is 15.6 Å². The van der Waals surface area contributed by atoms with Gasteiger partial charge in [-0.3, -0.25) is 4.79 Å². The molecule has 198 valence electrons. The first-order chi connectivity index (χ1) is 17.8. The Balaban J connectivity index is 1.90. The van der Waals surface area contributed by atoms with Crippen LogP contribution >= 0.6 is 0 Å². The summed E-state index contributed by atoms with van der Waals surface area (Å²) in [6.45, 7) is 2.15. The van der Waals surface area contributed by atoms with E-state index in [1.165, 1.54) is 17.7 Å². The van der Waals surface area contributed by atoms with E-state index in [-0.39, 0.29) is 40.4 Å². The fourth-order valence-electron chi connectivity index (χ4n) is 4.15. The number of morpholine rings is 1. The zero-order valence-corrected chi connectivity index (χ0v) is 21.0. The van der Waals surface area contributed by atoms with Crippen LogP contribution in [0, 0.1) is 11.6 Å². The second-order valence-corrected chi connectivity index (χ2v) is 8.82. The third-order valence-electron chi connectivity index (χ3n) is 6.06. The van der Waals surface area contributed by atoms with E-state index in [0.717, 1.165) is 12.1 Å². The lowest BCUT2D eigenvalue weighted by Crippen LogP contribution is -2.42. The van der Waals surface area contributed by atoms with Crippen LogP contribution in [-0.4, -0.2) is 81.1 Å². The number of hydrogen-bond acceptors (Lipinski definition) is 7. The first-order valence-electron chi connectivity index (χ1n) is 11.9. The second-order valence-electron chi connectivity index (χ2n) is 8.82. The lowest BCUT2D eigenvalue weighted by molar-refractivity contribution is 0.122. The quantitative estimate of drug-likeness (QED) is 0.474. The SMILES string of the molecule is COc1ccc2c(n1)c(NC(=O)NCCN(C)C)c(N1CCOCC1)c(=O)n2Cc1c(F)cccc1F. The number of hydrogen-bond donors (Lipinski definition) is 2. The van der Waals surface area contributed by atoms with Crippen LogP contribution in [0.5, 0.6) is 5.88 Å². The van der Waals surface area contributed by atoms with Crippen molar-refractivity contribution in [1.29, 1.82) is 0 Å². The Morgan fingerprint density at radius 2 is 1.86 bits per heavy atom. The highest BCUT2D eigenvalue weighted by atomic mass is 19.1. The van der Waals surface area contributed by atoms with Crippen molar-refractivity contribution in [3.05, 3.63) is 57.9 Å². The van der Waals surface area contributed by atoms with E-state index in [4.69, 9.17) is 9.47 Å². The van der Waals surface area contributed by atoms with Crippen LogP contribution in [-0.2, 0) is 11.3 Å². The van der Waals surface area contributed by atoms with Gasteiger partial charge in [0.15, 0.2) is 0 Å². The van der Waals surface area contributed by atoms with Crippen molar-refractivity contribution in [2.45, 2.75) is 6.54 Å². The standard InChI is InChI=1S/C25H30F2N6O4/c1-31(2)10-9-28-25(35)30-22-21-19(7-8-20(29-21)36-3)33(15-16-17(26)5-4-6-18(16)27)24(34)23(22)32-11-13-37-14-12-32/h4-8H,9-15H2,1-3H3,(H2,28,30,35). The molecule has 2 N–H and O–H groups in total. The maximum Gasteiger partial charge on any atom is 0.319 e. The smallest absolute Gasteiger partial charge is 0.319 e. The van der Waals surface area contributed by atoms with Crippen molar-refractivity contribution < 1.29 is 23.0 Å². The number of nitrogens with one attached hydrogen (secondary N) is 2. The number of pyridine rings is 2. The summed E-state index contributed by atoms with van der Waals surface area (Å²) in [5, 5.41) is 5.57. The van der Waals surface area contributed by atoms with Crippen LogP contribution in [0.15, 0.2) is 35.1 Å². The van der Waals surface area contributed by atoms with Gasteiger partial charge in [-0.25, -0.2) is 18.6 Å². The van der Waals surface area contributed by atoms with Gasteiger partial charge in [0, 0.05) is 37.8 Å². The third-order valence-corrected chi connectivity index (χ3v) is 6.06. The number of halogens is 2. The van der Waals surface area contributed by atoms with Crippen molar-refractivity contribution >= 4 is 28.4 Å². The lowest BCUT2D eigenvalue weighted by Gasteiger charge is -2.31. The number of aromatic nitrogens is 2. The molecule has 0 radical (unpaired) electrons. The number of amides is 2. The largest absolute Gasteiger partial charge is 0.481 e. The topological polar surface area (TPSA) is 101 Å². The molecule has 1 aliphatic rings. The van der Waals surface area contributed by atoms with E-state index in [1.807, 2.05) is 19.0 Å². The van der Waals surface area contributed by atoms with Crippen molar-refractivity contribution in [1.82, 2.24) is 19.8 Å². The highest BCUT2D eigenvalue weighted by Crippen LogP contribution is 2.32.